The second-order valence-corrected chi connectivity index (χ2v) is 7.89. The van der Waals surface area contributed by atoms with Crippen LogP contribution in [0, 0.1) is 39.3 Å². The van der Waals surface area contributed by atoms with Gasteiger partial charge in [-0.1, -0.05) is 58.0 Å². The number of nitro benzene ring substituents is 1. The molecule has 0 fully saturated rings. The van der Waals surface area contributed by atoms with Gasteiger partial charge in [0.2, 0.25) is 0 Å². The van der Waals surface area contributed by atoms with Crippen molar-refractivity contribution in [1.29, 1.82) is 0 Å². The topological polar surface area (TPSA) is 258 Å². The Morgan fingerprint density at radius 3 is 1.04 bits per heavy atom. The van der Waals surface area contributed by atoms with E-state index < -0.39 is 29.5 Å². The van der Waals surface area contributed by atoms with Gasteiger partial charge in [-0.2, -0.15) is 0 Å². The zero-order valence-electron chi connectivity index (χ0n) is 25.8. The van der Waals surface area contributed by atoms with Gasteiger partial charge in [-0.25, -0.2) is 0 Å². The molecule has 0 heterocycles. The number of hydrogen-bond donors (Lipinski definition) is 0. The Morgan fingerprint density at radius 2 is 0.826 bits per heavy atom. The smallest absolute Gasteiger partial charge is 0.550 e. The van der Waals surface area contributed by atoms with Crippen molar-refractivity contribution in [1.82, 2.24) is 0 Å². The van der Waals surface area contributed by atoms with E-state index in [4.69, 9.17) is 0 Å². The molecule has 0 aliphatic rings. The Labute approximate surface area is 288 Å². The standard InChI is InChI=1S/C13H9NO3.4C4H8O3.Pu/c15-13(10-4-2-1-3-5-10)11-6-8-12(9-7-11)14(16)17;4*1-2-3-7-4(5)6;/h1-9H;4*2-3H2,1H3,(H,5,6);/q;;;;;+4/p-4. The summed E-state index contributed by atoms with van der Waals surface area (Å²) in [6, 6.07) is 14.4. The van der Waals surface area contributed by atoms with Crippen molar-refractivity contribution < 1.29 is 97.4 Å². The van der Waals surface area contributed by atoms with E-state index in [1.807, 2.05) is 33.8 Å². The monoisotopic (exact) mass is 877 g/mol. The van der Waals surface area contributed by atoms with Crippen molar-refractivity contribution >= 4 is 36.1 Å². The Hall–Kier alpha value is -4.42. The van der Waals surface area contributed by atoms with E-state index in [1.165, 1.54) is 24.3 Å². The average molecular weight is 884 g/mol. The quantitative estimate of drug-likeness (QED) is 0.103. The number of carbonyl (C=O) groups excluding carboxylic acids is 5. The molecule has 0 bridgehead atoms. The average Bonchev–Trinajstić information content (AvgIpc) is 3.02. The number of ether oxygens (including phenoxy) is 4. The molecule has 16 nitrogen and oxygen atoms in total. The van der Waals surface area contributed by atoms with Crippen molar-refractivity contribution in [3.05, 3.63) is 75.8 Å². The van der Waals surface area contributed by atoms with Crippen LogP contribution in [0.15, 0.2) is 54.6 Å². The van der Waals surface area contributed by atoms with Crippen molar-refractivity contribution in [2.24, 2.45) is 0 Å². The Bertz CT molecular complexity index is 1040. The largest absolute Gasteiger partial charge is 4.00 e. The zero-order valence-corrected chi connectivity index (χ0v) is 29.2. The predicted molar refractivity (Wildman–Crippen MR) is 150 cm³/mol. The molecule has 0 amide bonds. The maximum absolute atomic E-state index is 12.0. The van der Waals surface area contributed by atoms with E-state index >= 15 is 0 Å². The van der Waals surface area contributed by atoms with Crippen LogP contribution in [0.3, 0.4) is 0 Å². The van der Waals surface area contributed by atoms with Crippen LogP contribution in [0.25, 0.3) is 0 Å². The fraction of sp³-hybridized carbons (Fsp3) is 0.414. The molecule has 0 unspecified atom stereocenters. The van der Waals surface area contributed by atoms with Gasteiger partial charge in [-0.3, -0.25) is 14.9 Å². The summed E-state index contributed by atoms with van der Waals surface area (Å²) in [6.45, 7) is 8.24. The number of carboxylic acid groups (broad SMARTS) is 4. The van der Waals surface area contributed by atoms with Crippen molar-refractivity contribution in [2.45, 2.75) is 53.4 Å². The number of benzene rings is 2. The van der Waals surface area contributed by atoms with E-state index in [0.717, 1.165) is 0 Å². The van der Waals surface area contributed by atoms with Gasteiger partial charge in [-0.05, 0) is 37.8 Å². The molecule has 2 aromatic carbocycles. The van der Waals surface area contributed by atoms with Gasteiger partial charge < -0.3 is 58.6 Å². The van der Waals surface area contributed by atoms with Crippen molar-refractivity contribution in [3.8, 4) is 0 Å². The number of rotatable bonds is 11. The number of ketones is 1. The number of hydrogen-bond acceptors (Lipinski definition) is 15. The minimum Gasteiger partial charge on any atom is -0.550 e. The SMILES string of the molecule is CCCOC(=O)[O-].CCCOC(=O)[O-].CCCOC(=O)[O-].CCCOC(=O)[O-].O=C(c1ccccc1)c1ccc([N+](=O)[O-])cc1.[Pu+4]. The molecular weight excluding hydrogens is 846 g/mol. The van der Waals surface area contributed by atoms with E-state index in [1.54, 1.807) is 24.3 Å². The summed E-state index contributed by atoms with van der Waals surface area (Å²) in [7, 11) is 0. The summed E-state index contributed by atoms with van der Waals surface area (Å²) in [4.78, 5) is 59.6. The Morgan fingerprint density at radius 1 is 0.543 bits per heavy atom. The van der Waals surface area contributed by atoms with E-state index in [2.05, 4.69) is 18.9 Å². The number of nitrogens with zero attached hydrogens (tertiary/aromatic N) is 1. The third-order valence-corrected chi connectivity index (χ3v) is 4.07. The fourth-order valence-corrected chi connectivity index (χ4v) is 2.23. The zero-order chi connectivity index (χ0) is 35.0. The molecule has 2 rings (SSSR count). The van der Waals surface area contributed by atoms with Gasteiger partial charge in [0, 0.05) is 49.7 Å². The summed E-state index contributed by atoms with van der Waals surface area (Å²) >= 11 is 0. The summed E-state index contributed by atoms with van der Waals surface area (Å²) in [5, 5.41) is 48.2. The third-order valence-electron chi connectivity index (χ3n) is 4.07. The van der Waals surface area contributed by atoms with Gasteiger partial charge >= 0.3 is 29.2 Å². The minimum atomic E-state index is -1.44. The molecule has 0 radical (unpaired) electrons. The van der Waals surface area contributed by atoms with E-state index in [0.29, 0.717) is 36.8 Å². The van der Waals surface area contributed by atoms with Gasteiger partial charge in [0.05, 0.1) is 4.92 Å². The first-order valence-corrected chi connectivity index (χ1v) is 13.5. The second-order valence-electron chi connectivity index (χ2n) is 7.89. The first-order valence-electron chi connectivity index (χ1n) is 13.5. The van der Waals surface area contributed by atoms with Gasteiger partial charge in [0.25, 0.3) is 30.3 Å². The third kappa shape index (κ3) is 34.1. The summed E-state index contributed by atoms with van der Waals surface area (Å²) in [6.07, 6.45) is -2.96. The molecule has 17 heteroatoms. The van der Waals surface area contributed by atoms with E-state index in [-0.39, 0.29) is 67.1 Å². The number of non-ortho nitro benzene ring substituents is 1. The van der Waals surface area contributed by atoms with Gasteiger partial charge in [0.1, 0.15) is 0 Å². The van der Waals surface area contributed by atoms with Crippen LogP contribution >= 0.6 is 0 Å². The molecule has 254 valence electrons. The second kappa shape index (κ2) is 33.5. The maximum atomic E-state index is 12.0. The minimum absolute atomic E-state index is 0. The van der Waals surface area contributed by atoms with Gasteiger partial charge in [-0.15, -0.1) is 0 Å². The van der Waals surface area contributed by atoms with Crippen LogP contribution in [-0.2, 0) is 18.9 Å². The first-order chi connectivity index (χ1) is 21.3. The summed E-state index contributed by atoms with van der Waals surface area (Å²) in [5.41, 5.74) is 0.998. The molecule has 0 aliphatic heterocycles. The Balaban J connectivity index is -0.000000260. The number of nitro groups is 1. The summed E-state index contributed by atoms with van der Waals surface area (Å²) in [5.74, 6) is -0.138. The molecule has 0 atom stereocenters. The number of carbonyl (C=O) groups is 5. The summed E-state index contributed by atoms with van der Waals surface area (Å²) < 4.78 is 16.0. The van der Waals surface area contributed by atoms with Crippen LogP contribution in [0.1, 0.15) is 69.3 Å². The van der Waals surface area contributed by atoms with Crippen molar-refractivity contribution in [3.63, 3.8) is 0 Å². The molecule has 46 heavy (non-hydrogen) atoms. The first kappa shape index (κ1) is 48.5. The normalized spacial score (nSPS) is 8.61. The molecule has 0 spiro atoms. The molecule has 0 aromatic heterocycles. The van der Waals surface area contributed by atoms with Crippen LogP contribution in [0.5, 0.6) is 0 Å². The predicted octanol–water partition coefficient (Wildman–Crippen LogP) is 1.85. The molecule has 0 aliphatic carbocycles. The van der Waals surface area contributed by atoms with Crippen LogP contribution in [-0.4, -0.2) is 61.8 Å². The Kier molecular flexibility index (Phi) is 35.3. The van der Waals surface area contributed by atoms with Crippen LogP contribution < -0.4 is 20.4 Å². The molecular formula is C29H37NO15Pu. The van der Waals surface area contributed by atoms with Crippen LogP contribution in [0.2, 0.25) is 0 Å². The molecule has 0 saturated carbocycles. The molecule has 2 aromatic rings. The molecule has 0 N–H and O–H groups in total. The van der Waals surface area contributed by atoms with E-state index in [9.17, 15) is 54.5 Å². The van der Waals surface area contributed by atoms with Crippen LogP contribution in [0.4, 0.5) is 24.9 Å². The fourth-order valence-electron chi connectivity index (χ4n) is 2.23. The van der Waals surface area contributed by atoms with Crippen molar-refractivity contribution in [2.75, 3.05) is 26.4 Å². The molecule has 0 saturated heterocycles. The maximum Gasteiger partial charge on any atom is 4.00 e. The van der Waals surface area contributed by atoms with Gasteiger partial charge in [0.15, 0.2) is 5.78 Å².